The van der Waals surface area contributed by atoms with Crippen molar-refractivity contribution >= 4 is 23.0 Å². The molecule has 2 heterocycles. The summed E-state index contributed by atoms with van der Waals surface area (Å²) in [7, 11) is 0. The first-order chi connectivity index (χ1) is 10.2. The fourth-order valence-electron chi connectivity index (χ4n) is 2.16. The van der Waals surface area contributed by atoms with Gasteiger partial charge < -0.3 is 15.6 Å². The van der Waals surface area contributed by atoms with Crippen LogP contribution in [0.4, 0.5) is 5.82 Å². The summed E-state index contributed by atoms with van der Waals surface area (Å²) >= 11 is 5.17. The molecule has 0 saturated carbocycles. The maximum atomic E-state index is 5.86. The van der Waals surface area contributed by atoms with E-state index >= 15 is 0 Å². The zero-order chi connectivity index (χ0) is 15.2. The smallest absolute Gasteiger partial charge is 0.228 e. The standard InChI is InChI=1S/C13H18N6OS/c1-3-8-9(4-2)18-19-13(11(8)12(14)21)15-6-5-10-16-7-17-20-10/h7H,3-6H2,1-2H3,(H2,14,21)(H,15,19). The van der Waals surface area contributed by atoms with E-state index in [0.717, 1.165) is 29.7 Å². The lowest BCUT2D eigenvalue weighted by Gasteiger charge is -2.15. The molecule has 0 aliphatic carbocycles. The van der Waals surface area contributed by atoms with Gasteiger partial charge in [0.1, 0.15) is 4.99 Å². The molecule has 112 valence electrons. The quantitative estimate of drug-likeness (QED) is 0.737. The number of nitrogens with two attached hydrogens (primary N) is 1. The fraction of sp³-hybridized carbons (Fsp3) is 0.462. The van der Waals surface area contributed by atoms with E-state index in [1.54, 1.807) is 0 Å². The van der Waals surface area contributed by atoms with Gasteiger partial charge in [-0.25, -0.2) is 0 Å². The van der Waals surface area contributed by atoms with Crippen LogP contribution >= 0.6 is 12.2 Å². The third kappa shape index (κ3) is 3.52. The number of aromatic nitrogens is 4. The highest BCUT2D eigenvalue weighted by molar-refractivity contribution is 7.80. The Morgan fingerprint density at radius 2 is 2.14 bits per heavy atom. The molecule has 0 aromatic carbocycles. The van der Waals surface area contributed by atoms with Crippen molar-refractivity contribution in [2.45, 2.75) is 33.1 Å². The molecule has 2 rings (SSSR count). The van der Waals surface area contributed by atoms with Crippen LogP contribution in [0.5, 0.6) is 0 Å². The third-order valence-electron chi connectivity index (χ3n) is 3.13. The first kappa shape index (κ1) is 15.3. The Morgan fingerprint density at radius 1 is 1.33 bits per heavy atom. The molecule has 3 N–H and O–H groups in total. The summed E-state index contributed by atoms with van der Waals surface area (Å²) in [6.45, 7) is 4.68. The van der Waals surface area contributed by atoms with Gasteiger partial charge in [0.25, 0.3) is 0 Å². The highest BCUT2D eigenvalue weighted by Gasteiger charge is 2.16. The first-order valence-electron chi connectivity index (χ1n) is 6.85. The molecule has 0 amide bonds. The molecule has 21 heavy (non-hydrogen) atoms. The number of nitrogens with one attached hydrogen (secondary N) is 1. The Labute approximate surface area is 128 Å². The van der Waals surface area contributed by atoms with E-state index in [1.807, 2.05) is 6.92 Å². The summed E-state index contributed by atoms with van der Waals surface area (Å²) in [4.78, 5) is 4.29. The normalized spacial score (nSPS) is 10.6. The number of anilines is 1. The van der Waals surface area contributed by atoms with Gasteiger partial charge in [-0.2, -0.15) is 10.1 Å². The molecule has 0 spiro atoms. The molecule has 0 radical (unpaired) electrons. The summed E-state index contributed by atoms with van der Waals surface area (Å²) in [6, 6.07) is 0. The summed E-state index contributed by atoms with van der Waals surface area (Å²) in [5.41, 5.74) is 8.63. The lowest BCUT2D eigenvalue weighted by Crippen LogP contribution is -2.20. The molecular formula is C13H18N6OS. The molecule has 2 aromatic rings. The van der Waals surface area contributed by atoms with E-state index in [-0.39, 0.29) is 0 Å². The SMILES string of the molecule is CCc1nnc(NCCc2ncno2)c(C(N)=S)c1CC. The molecule has 0 aliphatic heterocycles. The van der Waals surface area contributed by atoms with Crippen LogP contribution in [0.3, 0.4) is 0 Å². The monoisotopic (exact) mass is 306 g/mol. The van der Waals surface area contributed by atoms with E-state index in [0.29, 0.717) is 29.7 Å². The van der Waals surface area contributed by atoms with Crippen LogP contribution < -0.4 is 11.1 Å². The van der Waals surface area contributed by atoms with Crippen LogP contribution in [-0.2, 0) is 19.3 Å². The molecule has 7 nitrogen and oxygen atoms in total. The van der Waals surface area contributed by atoms with E-state index in [4.69, 9.17) is 22.5 Å². The van der Waals surface area contributed by atoms with Gasteiger partial charge in [-0.15, -0.1) is 5.10 Å². The molecule has 2 aromatic heterocycles. The number of thiocarbonyl (C=S) groups is 1. The van der Waals surface area contributed by atoms with Gasteiger partial charge in [-0.3, -0.25) is 0 Å². The summed E-state index contributed by atoms with van der Waals surface area (Å²) in [5.74, 6) is 1.17. The molecule has 0 bridgehead atoms. The molecule has 0 saturated heterocycles. The van der Waals surface area contributed by atoms with E-state index in [2.05, 4.69) is 32.6 Å². The van der Waals surface area contributed by atoms with Crippen molar-refractivity contribution in [2.75, 3.05) is 11.9 Å². The second-order valence-electron chi connectivity index (χ2n) is 4.43. The predicted octanol–water partition coefficient (Wildman–Crippen LogP) is 1.27. The number of rotatable bonds is 7. The van der Waals surface area contributed by atoms with Crippen molar-refractivity contribution < 1.29 is 4.52 Å². The van der Waals surface area contributed by atoms with Gasteiger partial charge >= 0.3 is 0 Å². The lowest BCUT2D eigenvalue weighted by molar-refractivity contribution is 0.379. The maximum absolute atomic E-state index is 5.86. The molecular weight excluding hydrogens is 288 g/mol. The van der Waals surface area contributed by atoms with Gasteiger partial charge in [-0.1, -0.05) is 31.2 Å². The largest absolute Gasteiger partial charge is 0.389 e. The number of nitrogens with zero attached hydrogens (tertiary/aromatic N) is 4. The van der Waals surface area contributed by atoms with Crippen molar-refractivity contribution in [3.8, 4) is 0 Å². The summed E-state index contributed by atoms with van der Waals surface area (Å²) in [5, 5.41) is 15.2. The average molecular weight is 306 g/mol. The third-order valence-corrected chi connectivity index (χ3v) is 3.33. The Balaban J connectivity index is 2.20. The Kier molecular flexibility index (Phi) is 5.15. The van der Waals surface area contributed by atoms with Crippen LogP contribution in [0.2, 0.25) is 0 Å². The number of aryl methyl sites for hydroxylation is 1. The first-order valence-corrected chi connectivity index (χ1v) is 7.25. The highest BCUT2D eigenvalue weighted by Crippen LogP contribution is 2.20. The van der Waals surface area contributed by atoms with Crippen LogP contribution in [0, 0.1) is 0 Å². The molecule has 8 heteroatoms. The van der Waals surface area contributed by atoms with Crippen molar-refractivity contribution in [1.82, 2.24) is 20.3 Å². The van der Waals surface area contributed by atoms with Gasteiger partial charge in [0.2, 0.25) is 5.89 Å². The van der Waals surface area contributed by atoms with Gasteiger partial charge in [0.15, 0.2) is 12.1 Å². The van der Waals surface area contributed by atoms with Crippen molar-refractivity contribution in [2.24, 2.45) is 5.73 Å². The Bertz CT molecular complexity index is 613. The van der Waals surface area contributed by atoms with Crippen molar-refractivity contribution in [3.05, 3.63) is 29.0 Å². The minimum Gasteiger partial charge on any atom is -0.389 e. The van der Waals surface area contributed by atoms with E-state index in [1.165, 1.54) is 6.33 Å². The molecule has 0 fully saturated rings. The van der Waals surface area contributed by atoms with Crippen LogP contribution in [0.1, 0.15) is 36.6 Å². The van der Waals surface area contributed by atoms with Crippen molar-refractivity contribution in [3.63, 3.8) is 0 Å². The molecule has 0 aliphatic rings. The second kappa shape index (κ2) is 7.07. The number of hydrogen-bond acceptors (Lipinski definition) is 7. The second-order valence-corrected chi connectivity index (χ2v) is 4.87. The topological polar surface area (TPSA) is 103 Å². The van der Waals surface area contributed by atoms with Gasteiger partial charge in [0.05, 0.1) is 11.3 Å². The average Bonchev–Trinajstić information content (AvgIpc) is 2.99. The van der Waals surface area contributed by atoms with E-state index in [9.17, 15) is 0 Å². The number of hydrogen-bond donors (Lipinski definition) is 2. The maximum Gasteiger partial charge on any atom is 0.228 e. The molecule has 0 atom stereocenters. The Morgan fingerprint density at radius 3 is 2.71 bits per heavy atom. The predicted molar refractivity (Wildman–Crippen MR) is 83.2 cm³/mol. The Hall–Kier alpha value is -2.09. The fourth-order valence-corrected chi connectivity index (χ4v) is 2.38. The van der Waals surface area contributed by atoms with Crippen LogP contribution in [0.15, 0.2) is 10.9 Å². The van der Waals surface area contributed by atoms with Gasteiger partial charge in [0, 0.05) is 13.0 Å². The van der Waals surface area contributed by atoms with Crippen LogP contribution in [-0.4, -0.2) is 31.9 Å². The zero-order valence-corrected chi connectivity index (χ0v) is 12.9. The van der Waals surface area contributed by atoms with Crippen LogP contribution in [0.25, 0.3) is 0 Å². The summed E-state index contributed by atoms with van der Waals surface area (Å²) in [6.07, 6.45) is 3.58. The summed E-state index contributed by atoms with van der Waals surface area (Å²) < 4.78 is 4.94. The van der Waals surface area contributed by atoms with Gasteiger partial charge in [-0.05, 0) is 18.4 Å². The minimum atomic E-state index is 0.330. The van der Waals surface area contributed by atoms with E-state index < -0.39 is 0 Å². The van der Waals surface area contributed by atoms with Crippen molar-refractivity contribution in [1.29, 1.82) is 0 Å². The lowest BCUT2D eigenvalue weighted by atomic mass is 10.0. The zero-order valence-electron chi connectivity index (χ0n) is 12.1. The highest BCUT2D eigenvalue weighted by atomic mass is 32.1. The minimum absolute atomic E-state index is 0.330. The molecule has 0 unspecified atom stereocenters.